The van der Waals surface area contributed by atoms with Crippen molar-refractivity contribution in [1.82, 2.24) is 15.6 Å². The molecule has 5 heteroatoms. The lowest BCUT2D eigenvalue weighted by Gasteiger charge is -2.29. The van der Waals surface area contributed by atoms with E-state index in [9.17, 15) is 4.79 Å². The van der Waals surface area contributed by atoms with Gasteiger partial charge in [0.05, 0.1) is 5.54 Å². The Kier molecular flexibility index (Phi) is 5.00. The lowest BCUT2D eigenvalue weighted by molar-refractivity contribution is 0.0472. The van der Waals surface area contributed by atoms with Gasteiger partial charge in [0.1, 0.15) is 5.60 Å². The second-order valence-corrected chi connectivity index (χ2v) is 7.47. The van der Waals surface area contributed by atoms with Crippen molar-refractivity contribution in [3.05, 3.63) is 36.0 Å². The lowest BCUT2D eigenvalue weighted by atomic mass is 10.1. The summed E-state index contributed by atoms with van der Waals surface area (Å²) in [6.45, 7) is 10.9. The van der Waals surface area contributed by atoms with Crippen LogP contribution in [-0.4, -0.2) is 28.8 Å². The molecule has 5 nitrogen and oxygen atoms in total. The van der Waals surface area contributed by atoms with Crippen molar-refractivity contribution < 1.29 is 9.53 Å². The van der Waals surface area contributed by atoms with Crippen molar-refractivity contribution >= 4 is 17.0 Å². The first-order valence-electron chi connectivity index (χ1n) is 7.93. The van der Waals surface area contributed by atoms with Gasteiger partial charge in [0.25, 0.3) is 0 Å². The van der Waals surface area contributed by atoms with Crippen LogP contribution in [0.2, 0.25) is 0 Å². The fourth-order valence-corrected chi connectivity index (χ4v) is 2.41. The first-order valence-corrected chi connectivity index (χ1v) is 7.93. The molecular weight excluding hydrogens is 290 g/mol. The SMILES string of the molecule is CC(C)(CNCc1c[nH]c2ccccc12)NC(=O)OC(C)(C)C. The van der Waals surface area contributed by atoms with Crippen LogP contribution in [0.5, 0.6) is 0 Å². The van der Waals surface area contributed by atoms with Gasteiger partial charge in [0.2, 0.25) is 0 Å². The quantitative estimate of drug-likeness (QED) is 0.790. The van der Waals surface area contributed by atoms with Gasteiger partial charge in [0.15, 0.2) is 0 Å². The molecule has 0 radical (unpaired) electrons. The minimum atomic E-state index is -0.488. The van der Waals surface area contributed by atoms with E-state index < -0.39 is 17.2 Å². The minimum Gasteiger partial charge on any atom is -0.444 e. The molecule has 3 N–H and O–H groups in total. The highest BCUT2D eigenvalue weighted by atomic mass is 16.6. The molecule has 0 fully saturated rings. The molecule has 0 saturated heterocycles. The van der Waals surface area contributed by atoms with Crippen LogP contribution in [0.25, 0.3) is 10.9 Å². The molecule has 0 atom stereocenters. The molecule has 0 aliphatic heterocycles. The second-order valence-electron chi connectivity index (χ2n) is 7.47. The topological polar surface area (TPSA) is 66.2 Å². The number of para-hydroxylation sites is 1. The van der Waals surface area contributed by atoms with Crippen LogP contribution in [0.3, 0.4) is 0 Å². The van der Waals surface area contributed by atoms with Crippen LogP contribution in [0.4, 0.5) is 4.79 Å². The van der Waals surface area contributed by atoms with E-state index in [4.69, 9.17) is 4.74 Å². The average Bonchev–Trinajstić information content (AvgIpc) is 2.79. The van der Waals surface area contributed by atoms with Gasteiger partial charge in [0, 0.05) is 30.2 Å². The van der Waals surface area contributed by atoms with E-state index in [2.05, 4.69) is 27.8 Å². The Morgan fingerprint density at radius 3 is 2.57 bits per heavy atom. The molecule has 0 aliphatic rings. The lowest BCUT2D eigenvalue weighted by Crippen LogP contribution is -2.51. The molecule has 2 rings (SSSR count). The van der Waals surface area contributed by atoms with Crippen molar-refractivity contribution in [2.45, 2.75) is 52.3 Å². The Morgan fingerprint density at radius 2 is 1.87 bits per heavy atom. The highest BCUT2D eigenvalue weighted by molar-refractivity contribution is 5.82. The first kappa shape index (κ1) is 17.3. The predicted molar refractivity (Wildman–Crippen MR) is 93.5 cm³/mol. The average molecular weight is 317 g/mol. The number of amides is 1. The van der Waals surface area contributed by atoms with Gasteiger partial charge in [-0.25, -0.2) is 4.79 Å². The zero-order valence-electron chi connectivity index (χ0n) is 14.6. The van der Waals surface area contributed by atoms with Gasteiger partial charge in [-0.1, -0.05) is 18.2 Å². The normalized spacial score (nSPS) is 12.4. The maximum Gasteiger partial charge on any atom is 0.408 e. The Morgan fingerprint density at radius 1 is 1.17 bits per heavy atom. The van der Waals surface area contributed by atoms with Crippen molar-refractivity contribution in [2.75, 3.05) is 6.54 Å². The molecule has 1 heterocycles. The van der Waals surface area contributed by atoms with Gasteiger partial charge in [-0.2, -0.15) is 0 Å². The number of fused-ring (bicyclic) bond motifs is 1. The highest BCUT2D eigenvalue weighted by Crippen LogP contribution is 2.17. The minimum absolute atomic E-state index is 0.392. The number of hydrogen-bond acceptors (Lipinski definition) is 3. The number of alkyl carbamates (subject to hydrolysis) is 1. The van der Waals surface area contributed by atoms with Crippen molar-refractivity contribution in [3.63, 3.8) is 0 Å². The number of nitrogens with one attached hydrogen (secondary N) is 3. The standard InChI is InChI=1S/C18H27N3O2/c1-17(2,3)23-16(22)21-18(4,5)12-19-10-13-11-20-15-9-7-6-8-14(13)15/h6-9,11,19-20H,10,12H2,1-5H3,(H,21,22). The highest BCUT2D eigenvalue weighted by Gasteiger charge is 2.24. The molecule has 1 aromatic carbocycles. The molecule has 0 spiro atoms. The summed E-state index contributed by atoms with van der Waals surface area (Å²) in [6.07, 6.45) is 1.63. The number of ether oxygens (including phenoxy) is 1. The molecule has 0 bridgehead atoms. The van der Waals surface area contributed by atoms with Gasteiger partial charge in [-0.3, -0.25) is 0 Å². The number of aromatic amines is 1. The van der Waals surface area contributed by atoms with Crippen LogP contribution < -0.4 is 10.6 Å². The van der Waals surface area contributed by atoms with E-state index in [1.807, 2.05) is 52.9 Å². The largest absolute Gasteiger partial charge is 0.444 e. The summed E-state index contributed by atoms with van der Waals surface area (Å²) >= 11 is 0. The van der Waals surface area contributed by atoms with Crippen LogP contribution in [0.1, 0.15) is 40.2 Å². The monoisotopic (exact) mass is 317 g/mol. The number of carbonyl (C=O) groups excluding carboxylic acids is 1. The Bertz CT molecular complexity index is 668. The molecule has 126 valence electrons. The van der Waals surface area contributed by atoms with E-state index >= 15 is 0 Å². The van der Waals surface area contributed by atoms with Crippen molar-refractivity contribution in [3.8, 4) is 0 Å². The fourth-order valence-electron chi connectivity index (χ4n) is 2.41. The summed E-state index contributed by atoms with van der Waals surface area (Å²) in [4.78, 5) is 15.1. The molecule has 0 unspecified atom stereocenters. The summed E-state index contributed by atoms with van der Waals surface area (Å²) in [5, 5.41) is 7.52. The van der Waals surface area contributed by atoms with Crippen LogP contribution >= 0.6 is 0 Å². The summed E-state index contributed by atoms with van der Waals surface area (Å²) in [6, 6.07) is 8.22. The Balaban J connectivity index is 1.86. The molecule has 1 amide bonds. The van der Waals surface area contributed by atoms with E-state index in [1.165, 1.54) is 10.9 Å². The van der Waals surface area contributed by atoms with Crippen molar-refractivity contribution in [2.24, 2.45) is 0 Å². The van der Waals surface area contributed by atoms with E-state index in [0.29, 0.717) is 6.54 Å². The summed E-state index contributed by atoms with van der Waals surface area (Å²) in [7, 11) is 0. The van der Waals surface area contributed by atoms with E-state index in [0.717, 1.165) is 12.1 Å². The number of H-pyrrole nitrogens is 1. The second kappa shape index (κ2) is 6.62. The first-order chi connectivity index (χ1) is 10.7. The van der Waals surface area contributed by atoms with Gasteiger partial charge in [-0.15, -0.1) is 0 Å². The number of carbonyl (C=O) groups is 1. The smallest absolute Gasteiger partial charge is 0.408 e. The zero-order valence-corrected chi connectivity index (χ0v) is 14.6. The number of hydrogen-bond donors (Lipinski definition) is 3. The molecule has 1 aromatic heterocycles. The van der Waals surface area contributed by atoms with Crippen LogP contribution in [0, 0.1) is 0 Å². The molecule has 23 heavy (non-hydrogen) atoms. The third-order valence-corrected chi connectivity index (χ3v) is 3.40. The number of aromatic nitrogens is 1. The van der Waals surface area contributed by atoms with Gasteiger partial charge in [-0.05, 0) is 46.2 Å². The predicted octanol–water partition coefficient (Wildman–Crippen LogP) is 3.56. The molecule has 2 aromatic rings. The van der Waals surface area contributed by atoms with Crippen molar-refractivity contribution in [1.29, 1.82) is 0 Å². The van der Waals surface area contributed by atoms with Gasteiger partial charge >= 0.3 is 6.09 Å². The maximum absolute atomic E-state index is 11.9. The third kappa shape index (κ3) is 5.28. The molecule has 0 aliphatic carbocycles. The number of benzene rings is 1. The Labute approximate surface area is 137 Å². The van der Waals surface area contributed by atoms with Crippen LogP contribution in [-0.2, 0) is 11.3 Å². The van der Waals surface area contributed by atoms with Crippen LogP contribution in [0.15, 0.2) is 30.5 Å². The fraction of sp³-hybridized carbons (Fsp3) is 0.500. The van der Waals surface area contributed by atoms with E-state index in [1.54, 1.807) is 0 Å². The molecule has 0 saturated carbocycles. The third-order valence-electron chi connectivity index (χ3n) is 3.40. The Hall–Kier alpha value is -2.01. The maximum atomic E-state index is 11.9. The van der Waals surface area contributed by atoms with Gasteiger partial charge < -0.3 is 20.4 Å². The molecular formula is C18H27N3O2. The zero-order chi connectivity index (χ0) is 17.1. The summed E-state index contributed by atoms with van der Waals surface area (Å²) in [5.74, 6) is 0. The number of rotatable bonds is 5. The van der Waals surface area contributed by atoms with E-state index in [-0.39, 0.29) is 0 Å². The summed E-state index contributed by atoms with van der Waals surface area (Å²) in [5.41, 5.74) is 1.47. The summed E-state index contributed by atoms with van der Waals surface area (Å²) < 4.78 is 5.30.